The highest BCUT2D eigenvalue weighted by molar-refractivity contribution is 7.80. The van der Waals surface area contributed by atoms with Gasteiger partial charge in [0.25, 0.3) is 5.91 Å². The Kier molecular flexibility index (Phi) is 7.82. The van der Waals surface area contributed by atoms with Gasteiger partial charge in [-0.05, 0) is 55.8 Å². The largest absolute Gasteiger partial charge is 0.493 e. The maximum absolute atomic E-state index is 12.0. The van der Waals surface area contributed by atoms with E-state index in [9.17, 15) is 4.79 Å². The predicted molar refractivity (Wildman–Crippen MR) is 115 cm³/mol. The number of benzene rings is 2. The van der Waals surface area contributed by atoms with Crippen LogP contribution in [0.15, 0.2) is 48.5 Å². The number of carbonyl (C=O) groups is 1. The van der Waals surface area contributed by atoms with E-state index in [0.29, 0.717) is 11.7 Å². The fraction of sp³-hybridized carbons (Fsp3) is 0.238. The van der Waals surface area contributed by atoms with Gasteiger partial charge in [-0.2, -0.15) is 0 Å². The van der Waals surface area contributed by atoms with Gasteiger partial charge in [0.2, 0.25) is 0 Å². The molecule has 142 valence electrons. The molecule has 0 bridgehead atoms. The third kappa shape index (κ3) is 6.11. The monoisotopic (exact) mass is 383 g/mol. The minimum atomic E-state index is -0.314. The van der Waals surface area contributed by atoms with Crippen molar-refractivity contribution >= 4 is 35.0 Å². The third-order valence-corrected chi connectivity index (χ3v) is 4.11. The van der Waals surface area contributed by atoms with E-state index in [4.69, 9.17) is 17.0 Å². The average molecular weight is 384 g/mol. The second kappa shape index (κ2) is 10.3. The van der Waals surface area contributed by atoms with Crippen LogP contribution in [-0.4, -0.2) is 17.6 Å². The highest BCUT2D eigenvalue weighted by atomic mass is 32.1. The Morgan fingerprint density at radius 1 is 1.11 bits per heavy atom. The summed E-state index contributed by atoms with van der Waals surface area (Å²) in [4.78, 5) is 12.0. The molecule has 0 saturated carbocycles. The number of hydrazine groups is 1. The van der Waals surface area contributed by atoms with Crippen molar-refractivity contribution in [3.63, 3.8) is 0 Å². The molecule has 1 amide bonds. The van der Waals surface area contributed by atoms with Gasteiger partial charge >= 0.3 is 0 Å². The summed E-state index contributed by atoms with van der Waals surface area (Å²) in [6, 6.07) is 13.6. The molecule has 2 rings (SSSR count). The first-order valence-corrected chi connectivity index (χ1v) is 9.31. The molecule has 0 atom stereocenters. The van der Waals surface area contributed by atoms with Gasteiger partial charge in [-0.1, -0.05) is 43.3 Å². The fourth-order valence-corrected chi connectivity index (χ4v) is 2.73. The van der Waals surface area contributed by atoms with Crippen LogP contribution in [0.1, 0.15) is 30.5 Å². The fourth-order valence-electron chi connectivity index (χ4n) is 2.58. The maximum Gasteiger partial charge on any atom is 0.262 e. The average Bonchev–Trinajstić information content (AvgIpc) is 2.67. The number of para-hydroxylation sites is 2. The standard InChI is InChI=1S/C21H25N3O2S/c1-4-16-11-8-9-15(3)20(16)22-21(27)24-23-19(25)14-13-17-10-6-7-12-18(17)26-5-2/h6-14H,4-5H2,1-3H3,(H,23,25)(H2,22,24,27)/b14-13+. The van der Waals surface area contributed by atoms with Crippen molar-refractivity contribution < 1.29 is 9.53 Å². The Morgan fingerprint density at radius 3 is 2.63 bits per heavy atom. The van der Waals surface area contributed by atoms with E-state index in [1.54, 1.807) is 6.08 Å². The summed E-state index contributed by atoms with van der Waals surface area (Å²) in [7, 11) is 0. The van der Waals surface area contributed by atoms with Crippen LogP contribution in [-0.2, 0) is 11.2 Å². The van der Waals surface area contributed by atoms with Crippen LogP contribution in [0.2, 0.25) is 0 Å². The molecular weight excluding hydrogens is 358 g/mol. The van der Waals surface area contributed by atoms with Crippen LogP contribution in [0.3, 0.4) is 0 Å². The highest BCUT2D eigenvalue weighted by Crippen LogP contribution is 2.21. The lowest BCUT2D eigenvalue weighted by Crippen LogP contribution is -2.43. The van der Waals surface area contributed by atoms with Crippen molar-refractivity contribution in [1.82, 2.24) is 10.9 Å². The molecule has 0 aliphatic carbocycles. The number of carbonyl (C=O) groups excluding carboxylic acids is 1. The van der Waals surface area contributed by atoms with E-state index in [1.165, 1.54) is 6.08 Å². The van der Waals surface area contributed by atoms with Gasteiger partial charge in [-0.25, -0.2) is 0 Å². The van der Waals surface area contributed by atoms with Crippen molar-refractivity contribution in [1.29, 1.82) is 0 Å². The molecule has 2 aromatic rings. The summed E-state index contributed by atoms with van der Waals surface area (Å²) in [5, 5.41) is 3.48. The molecule has 3 N–H and O–H groups in total. The lowest BCUT2D eigenvalue weighted by Gasteiger charge is -2.15. The number of thiocarbonyl (C=S) groups is 1. The van der Waals surface area contributed by atoms with Gasteiger partial charge in [0.1, 0.15) is 5.75 Å². The molecule has 0 heterocycles. The zero-order chi connectivity index (χ0) is 19.6. The Morgan fingerprint density at radius 2 is 1.89 bits per heavy atom. The summed E-state index contributed by atoms with van der Waals surface area (Å²) < 4.78 is 5.54. The number of hydrogen-bond donors (Lipinski definition) is 3. The Labute approximate surface area is 165 Å². The Balaban J connectivity index is 1.91. The molecule has 27 heavy (non-hydrogen) atoms. The molecule has 0 saturated heterocycles. The first kappa shape index (κ1) is 20.5. The molecule has 0 aliphatic rings. The number of ether oxygens (including phenoxy) is 1. The molecule has 0 fully saturated rings. The second-order valence-electron chi connectivity index (χ2n) is 5.84. The van der Waals surface area contributed by atoms with Crippen molar-refractivity contribution in [3.05, 3.63) is 65.2 Å². The molecule has 2 aromatic carbocycles. The molecule has 0 aliphatic heterocycles. The quantitative estimate of drug-likeness (QED) is 0.400. The smallest absolute Gasteiger partial charge is 0.262 e. The Bertz CT molecular complexity index is 834. The van der Waals surface area contributed by atoms with Crippen LogP contribution in [0, 0.1) is 6.92 Å². The summed E-state index contributed by atoms with van der Waals surface area (Å²) in [6.45, 7) is 6.59. The predicted octanol–water partition coefficient (Wildman–Crippen LogP) is 3.99. The maximum atomic E-state index is 12.0. The minimum absolute atomic E-state index is 0.314. The number of anilines is 1. The van der Waals surface area contributed by atoms with E-state index >= 15 is 0 Å². The van der Waals surface area contributed by atoms with E-state index in [0.717, 1.165) is 34.5 Å². The van der Waals surface area contributed by atoms with Crippen LogP contribution in [0.25, 0.3) is 6.08 Å². The molecule has 0 aromatic heterocycles. The van der Waals surface area contributed by atoms with Gasteiger partial charge in [-0.3, -0.25) is 15.6 Å². The van der Waals surface area contributed by atoms with Crippen LogP contribution in [0.4, 0.5) is 5.69 Å². The highest BCUT2D eigenvalue weighted by Gasteiger charge is 2.06. The van der Waals surface area contributed by atoms with E-state index in [-0.39, 0.29) is 5.91 Å². The lowest BCUT2D eigenvalue weighted by atomic mass is 10.1. The normalized spacial score (nSPS) is 10.5. The molecule has 6 heteroatoms. The first-order valence-electron chi connectivity index (χ1n) is 8.90. The van der Waals surface area contributed by atoms with Crippen molar-refractivity contribution in [2.45, 2.75) is 27.2 Å². The van der Waals surface area contributed by atoms with Crippen LogP contribution < -0.4 is 20.9 Å². The Hall–Kier alpha value is -2.86. The number of hydrogen-bond acceptors (Lipinski definition) is 3. The topological polar surface area (TPSA) is 62.4 Å². The van der Waals surface area contributed by atoms with Crippen LogP contribution >= 0.6 is 12.2 Å². The number of rotatable bonds is 6. The summed E-state index contributed by atoms with van der Waals surface area (Å²) in [5.74, 6) is 0.423. The molecule has 5 nitrogen and oxygen atoms in total. The van der Waals surface area contributed by atoms with Gasteiger partial charge in [0.05, 0.1) is 6.61 Å². The molecule has 0 unspecified atom stereocenters. The van der Waals surface area contributed by atoms with Gasteiger partial charge in [-0.15, -0.1) is 0 Å². The zero-order valence-corrected chi connectivity index (χ0v) is 16.7. The molecular formula is C21H25N3O2S. The van der Waals surface area contributed by atoms with Gasteiger partial charge in [0.15, 0.2) is 5.11 Å². The minimum Gasteiger partial charge on any atom is -0.493 e. The van der Waals surface area contributed by atoms with Gasteiger partial charge < -0.3 is 10.1 Å². The van der Waals surface area contributed by atoms with E-state index < -0.39 is 0 Å². The second-order valence-corrected chi connectivity index (χ2v) is 6.24. The van der Waals surface area contributed by atoms with Crippen molar-refractivity contribution in [2.24, 2.45) is 0 Å². The van der Waals surface area contributed by atoms with E-state index in [1.807, 2.05) is 50.2 Å². The molecule has 0 radical (unpaired) electrons. The summed E-state index contributed by atoms with van der Waals surface area (Å²) >= 11 is 5.27. The molecule has 0 spiro atoms. The zero-order valence-electron chi connectivity index (χ0n) is 15.8. The van der Waals surface area contributed by atoms with Crippen molar-refractivity contribution in [3.8, 4) is 5.75 Å². The number of aryl methyl sites for hydroxylation is 2. The SMILES string of the molecule is CCOc1ccccc1/C=C/C(=O)NNC(=S)Nc1c(C)cccc1CC. The number of nitrogens with one attached hydrogen (secondary N) is 3. The number of amides is 1. The van der Waals surface area contributed by atoms with Crippen molar-refractivity contribution in [2.75, 3.05) is 11.9 Å². The van der Waals surface area contributed by atoms with Crippen LogP contribution in [0.5, 0.6) is 5.75 Å². The third-order valence-electron chi connectivity index (χ3n) is 3.91. The van der Waals surface area contributed by atoms with Gasteiger partial charge in [0, 0.05) is 17.3 Å². The summed E-state index contributed by atoms with van der Waals surface area (Å²) in [6.07, 6.45) is 4.02. The summed E-state index contributed by atoms with van der Waals surface area (Å²) in [5.41, 5.74) is 9.35. The first-order chi connectivity index (χ1) is 13.0. The lowest BCUT2D eigenvalue weighted by molar-refractivity contribution is -0.116. The van der Waals surface area contributed by atoms with E-state index in [2.05, 4.69) is 29.2 Å².